The lowest BCUT2D eigenvalue weighted by Crippen LogP contribution is -2.42. The standard InChI is InChI=1S/C24H26N2O6/c27-21(26-23(29)25-15-17-6-2-1-3-7-17)16-32-22(28)24(10-4-5-11-24)18-8-9-19-20(14-18)31-13-12-30-19/h1-3,6-9,14H,4-5,10-13,15-16H2,(H2,25,26,27,29). The first-order valence-electron chi connectivity index (χ1n) is 10.8. The van der Waals surface area contributed by atoms with E-state index < -0.39 is 29.9 Å². The molecule has 168 valence electrons. The van der Waals surface area contributed by atoms with Crippen LogP contribution in [0.5, 0.6) is 11.5 Å². The van der Waals surface area contributed by atoms with Crippen LogP contribution in [0.2, 0.25) is 0 Å². The molecule has 0 radical (unpaired) electrons. The molecule has 1 aliphatic heterocycles. The van der Waals surface area contributed by atoms with E-state index in [2.05, 4.69) is 10.6 Å². The number of imide groups is 1. The molecule has 0 atom stereocenters. The van der Waals surface area contributed by atoms with E-state index in [1.807, 2.05) is 42.5 Å². The quantitative estimate of drug-likeness (QED) is 0.673. The Bertz CT molecular complexity index is 985. The number of esters is 1. The Hall–Kier alpha value is -3.55. The number of ether oxygens (including phenoxy) is 3. The third kappa shape index (κ3) is 4.85. The predicted octanol–water partition coefficient (Wildman–Crippen LogP) is 2.84. The summed E-state index contributed by atoms with van der Waals surface area (Å²) in [4.78, 5) is 37.1. The van der Waals surface area contributed by atoms with Crippen molar-refractivity contribution >= 4 is 17.9 Å². The van der Waals surface area contributed by atoms with Crippen LogP contribution in [-0.2, 0) is 26.3 Å². The number of benzene rings is 2. The van der Waals surface area contributed by atoms with Crippen molar-refractivity contribution in [1.82, 2.24) is 10.6 Å². The van der Waals surface area contributed by atoms with Gasteiger partial charge in [0.25, 0.3) is 5.91 Å². The van der Waals surface area contributed by atoms with Crippen LogP contribution in [0.3, 0.4) is 0 Å². The fraction of sp³-hybridized carbons (Fsp3) is 0.375. The molecule has 0 saturated heterocycles. The van der Waals surface area contributed by atoms with Crippen molar-refractivity contribution in [2.45, 2.75) is 37.6 Å². The van der Waals surface area contributed by atoms with E-state index in [1.165, 1.54) is 0 Å². The third-order valence-electron chi connectivity index (χ3n) is 5.83. The number of hydrogen-bond acceptors (Lipinski definition) is 6. The molecule has 2 N–H and O–H groups in total. The molecular weight excluding hydrogens is 412 g/mol. The van der Waals surface area contributed by atoms with Gasteiger partial charge in [-0.05, 0) is 36.1 Å². The summed E-state index contributed by atoms with van der Waals surface area (Å²) in [6.45, 7) is 0.713. The average Bonchev–Trinajstić information content (AvgIpc) is 3.33. The zero-order valence-corrected chi connectivity index (χ0v) is 17.7. The highest BCUT2D eigenvalue weighted by Gasteiger charge is 2.45. The fourth-order valence-corrected chi connectivity index (χ4v) is 4.18. The van der Waals surface area contributed by atoms with Gasteiger partial charge in [-0.1, -0.05) is 49.2 Å². The Morgan fingerprint density at radius 2 is 1.66 bits per heavy atom. The summed E-state index contributed by atoms with van der Waals surface area (Å²) in [5.74, 6) is 0.119. The smallest absolute Gasteiger partial charge is 0.321 e. The Labute approximate surface area is 186 Å². The molecule has 0 aromatic heterocycles. The molecule has 4 rings (SSSR count). The summed E-state index contributed by atoms with van der Waals surface area (Å²) in [5, 5.41) is 4.78. The maximum Gasteiger partial charge on any atom is 0.321 e. The minimum atomic E-state index is -0.828. The summed E-state index contributed by atoms with van der Waals surface area (Å²) >= 11 is 0. The maximum absolute atomic E-state index is 13.1. The van der Waals surface area contributed by atoms with E-state index >= 15 is 0 Å². The molecule has 8 nitrogen and oxygen atoms in total. The molecule has 32 heavy (non-hydrogen) atoms. The van der Waals surface area contributed by atoms with Crippen molar-refractivity contribution < 1.29 is 28.6 Å². The molecule has 0 bridgehead atoms. The highest BCUT2D eigenvalue weighted by molar-refractivity contribution is 5.96. The molecular formula is C24H26N2O6. The van der Waals surface area contributed by atoms with Crippen LogP contribution in [0.1, 0.15) is 36.8 Å². The van der Waals surface area contributed by atoms with Crippen molar-refractivity contribution in [1.29, 1.82) is 0 Å². The molecule has 3 amide bonds. The lowest BCUT2D eigenvalue weighted by Gasteiger charge is -2.28. The third-order valence-corrected chi connectivity index (χ3v) is 5.83. The lowest BCUT2D eigenvalue weighted by atomic mass is 9.78. The molecule has 1 fully saturated rings. The van der Waals surface area contributed by atoms with Gasteiger partial charge in [0, 0.05) is 6.54 Å². The van der Waals surface area contributed by atoms with Gasteiger partial charge in [0.2, 0.25) is 0 Å². The van der Waals surface area contributed by atoms with Crippen LogP contribution < -0.4 is 20.1 Å². The van der Waals surface area contributed by atoms with E-state index in [9.17, 15) is 14.4 Å². The number of urea groups is 1. The topological polar surface area (TPSA) is 103 Å². The molecule has 1 saturated carbocycles. The molecule has 1 aliphatic carbocycles. The second-order valence-corrected chi connectivity index (χ2v) is 7.94. The minimum Gasteiger partial charge on any atom is -0.486 e. The second kappa shape index (κ2) is 9.72. The predicted molar refractivity (Wildman–Crippen MR) is 115 cm³/mol. The van der Waals surface area contributed by atoms with Crippen molar-refractivity contribution in [3.8, 4) is 11.5 Å². The monoisotopic (exact) mass is 438 g/mol. The summed E-state index contributed by atoms with van der Waals surface area (Å²) < 4.78 is 16.6. The Kier molecular flexibility index (Phi) is 6.58. The van der Waals surface area contributed by atoms with Gasteiger partial charge in [0.15, 0.2) is 18.1 Å². The van der Waals surface area contributed by atoms with Crippen LogP contribution in [0.4, 0.5) is 4.79 Å². The number of fused-ring (bicyclic) bond motifs is 1. The Morgan fingerprint density at radius 3 is 2.41 bits per heavy atom. The van der Waals surface area contributed by atoms with Crippen LogP contribution in [0.15, 0.2) is 48.5 Å². The fourth-order valence-electron chi connectivity index (χ4n) is 4.18. The Balaban J connectivity index is 1.33. The van der Waals surface area contributed by atoms with Crippen LogP contribution in [0, 0.1) is 0 Å². The van der Waals surface area contributed by atoms with Crippen molar-refractivity contribution in [2.24, 2.45) is 0 Å². The van der Waals surface area contributed by atoms with Gasteiger partial charge in [-0.2, -0.15) is 0 Å². The first kappa shape index (κ1) is 21.7. The molecule has 2 aliphatic rings. The highest BCUT2D eigenvalue weighted by Crippen LogP contribution is 2.45. The van der Waals surface area contributed by atoms with E-state index in [0.717, 1.165) is 24.0 Å². The van der Waals surface area contributed by atoms with Gasteiger partial charge in [-0.25, -0.2) is 4.79 Å². The highest BCUT2D eigenvalue weighted by atomic mass is 16.6. The SMILES string of the molecule is O=C(COC(=O)C1(c2ccc3c(c2)OCCO3)CCCC1)NC(=O)NCc1ccccc1. The minimum absolute atomic E-state index is 0.285. The molecule has 2 aromatic rings. The van der Waals surface area contributed by atoms with Crippen LogP contribution >= 0.6 is 0 Å². The molecule has 8 heteroatoms. The molecule has 1 heterocycles. The number of hydrogen-bond donors (Lipinski definition) is 2. The van der Waals surface area contributed by atoms with Crippen LogP contribution in [-0.4, -0.2) is 37.7 Å². The van der Waals surface area contributed by atoms with Gasteiger partial charge >= 0.3 is 12.0 Å². The number of carbonyl (C=O) groups is 3. The first-order chi connectivity index (χ1) is 15.6. The van der Waals surface area contributed by atoms with Gasteiger partial charge < -0.3 is 19.5 Å². The molecule has 0 spiro atoms. The van der Waals surface area contributed by atoms with Gasteiger partial charge in [0.1, 0.15) is 13.2 Å². The number of rotatable bonds is 6. The van der Waals surface area contributed by atoms with Crippen LogP contribution in [0.25, 0.3) is 0 Å². The van der Waals surface area contributed by atoms with Crippen molar-refractivity contribution in [3.05, 3.63) is 59.7 Å². The average molecular weight is 438 g/mol. The van der Waals surface area contributed by atoms with E-state index in [-0.39, 0.29) is 6.54 Å². The summed E-state index contributed by atoms with van der Waals surface area (Å²) in [6, 6.07) is 14.2. The number of amides is 3. The zero-order valence-electron chi connectivity index (χ0n) is 17.7. The van der Waals surface area contributed by atoms with E-state index in [4.69, 9.17) is 14.2 Å². The largest absolute Gasteiger partial charge is 0.486 e. The van der Waals surface area contributed by atoms with Crippen molar-refractivity contribution in [3.63, 3.8) is 0 Å². The Morgan fingerprint density at radius 1 is 0.938 bits per heavy atom. The summed E-state index contributed by atoms with van der Waals surface area (Å²) in [7, 11) is 0. The molecule has 0 unspecified atom stereocenters. The second-order valence-electron chi connectivity index (χ2n) is 7.94. The van der Waals surface area contributed by atoms with E-state index in [0.29, 0.717) is 37.6 Å². The normalized spacial score (nSPS) is 16.1. The number of carbonyl (C=O) groups excluding carboxylic acids is 3. The zero-order chi connectivity index (χ0) is 22.4. The van der Waals surface area contributed by atoms with Gasteiger partial charge in [-0.15, -0.1) is 0 Å². The van der Waals surface area contributed by atoms with Crippen molar-refractivity contribution in [2.75, 3.05) is 19.8 Å². The summed E-state index contributed by atoms with van der Waals surface area (Å²) in [6.07, 6.45) is 3.03. The first-order valence-corrected chi connectivity index (χ1v) is 10.8. The van der Waals surface area contributed by atoms with Gasteiger partial charge in [0.05, 0.1) is 5.41 Å². The van der Waals surface area contributed by atoms with E-state index in [1.54, 1.807) is 6.07 Å². The number of nitrogens with one attached hydrogen (secondary N) is 2. The van der Waals surface area contributed by atoms with Gasteiger partial charge in [-0.3, -0.25) is 14.9 Å². The summed E-state index contributed by atoms with van der Waals surface area (Å²) in [5.41, 5.74) is 0.875. The maximum atomic E-state index is 13.1. The lowest BCUT2D eigenvalue weighted by molar-refractivity contribution is -0.154. The molecule has 2 aromatic carbocycles.